The highest BCUT2D eigenvalue weighted by atomic mass is 35.5. The van der Waals surface area contributed by atoms with Gasteiger partial charge in [0.25, 0.3) is 5.91 Å². The number of carbonyl (C=O) groups is 2. The van der Waals surface area contributed by atoms with E-state index in [1.54, 1.807) is 48.5 Å². The summed E-state index contributed by atoms with van der Waals surface area (Å²) in [6, 6.07) is 16.4. The largest absolute Gasteiger partial charge is 0.490 e. The van der Waals surface area contributed by atoms with Gasteiger partial charge >= 0.3 is 5.97 Å². The minimum absolute atomic E-state index is 0.208. The molecule has 0 radical (unpaired) electrons. The molecule has 3 rings (SSSR count). The Hall–Kier alpha value is -4.04. The number of carboxylic acids is 1. The van der Waals surface area contributed by atoms with Crippen molar-refractivity contribution in [3.63, 3.8) is 0 Å². The quantitative estimate of drug-likeness (QED) is 0.280. The number of ether oxygens (including phenoxy) is 3. The van der Waals surface area contributed by atoms with Crippen LogP contribution in [0.5, 0.6) is 17.2 Å². The van der Waals surface area contributed by atoms with Gasteiger partial charge in [-0.3, -0.25) is 4.79 Å². The summed E-state index contributed by atoms with van der Waals surface area (Å²) in [4.78, 5) is 23.4. The fourth-order valence-corrected chi connectivity index (χ4v) is 3.28. The molecule has 0 heterocycles. The van der Waals surface area contributed by atoms with Gasteiger partial charge in [0.05, 0.1) is 30.0 Å². The highest BCUT2D eigenvalue weighted by Crippen LogP contribution is 2.29. The first-order valence-corrected chi connectivity index (χ1v) is 11.3. The second kappa shape index (κ2) is 12.4. The van der Waals surface area contributed by atoms with Gasteiger partial charge in [0, 0.05) is 5.56 Å². The van der Waals surface area contributed by atoms with Crippen LogP contribution in [0.3, 0.4) is 0 Å². The minimum atomic E-state index is -0.983. The van der Waals surface area contributed by atoms with E-state index in [0.717, 1.165) is 5.56 Å². The molecule has 0 aromatic heterocycles. The van der Waals surface area contributed by atoms with E-state index in [0.29, 0.717) is 46.6 Å². The summed E-state index contributed by atoms with van der Waals surface area (Å²) in [6.07, 6.45) is 1.47. The molecule has 0 spiro atoms. The average molecular weight is 497 g/mol. The monoisotopic (exact) mass is 496 g/mol. The second-order valence-electron chi connectivity index (χ2n) is 7.21. The standard InChI is InChI=1S/C26H25ClN2O6/c1-3-33-23-12-10-20(14-24(23)34-4-2)25(30)29-28-15-18-7-11-22(21(27)13-18)35-16-17-5-8-19(9-6-17)26(31)32/h5-15H,3-4,16H2,1-2H3,(H,29,30)(H,31,32)/b28-15+. The molecule has 0 saturated heterocycles. The number of carboxylic acid groups (broad SMARTS) is 1. The zero-order valence-corrected chi connectivity index (χ0v) is 20.0. The lowest BCUT2D eigenvalue weighted by Gasteiger charge is -2.11. The summed E-state index contributed by atoms with van der Waals surface area (Å²) in [6.45, 7) is 4.89. The summed E-state index contributed by atoms with van der Waals surface area (Å²) in [7, 11) is 0. The second-order valence-corrected chi connectivity index (χ2v) is 7.61. The number of hydrogen-bond acceptors (Lipinski definition) is 6. The van der Waals surface area contributed by atoms with Gasteiger partial charge in [-0.2, -0.15) is 5.10 Å². The number of nitrogens with zero attached hydrogens (tertiary/aromatic N) is 1. The Labute approximate surface area is 208 Å². The molecule has 8 nitrogen and oxygen atoms in total. The molecule has 3 aromatic rings. The highest BCUT2D eigenvalue weighted by molar-refractivity contribution is 6.32. The number of nitrogens with one attached hydrogen (secondary N) is 1. The number of hydrazone groups is 1. The van der Waals surface area contributed by atoms with Crippen molar-refractivity contribution >= 4 is 29.7 Å². The Morgan fingerprint density at radius 1 is 0.886 bits per heavy atom. The van der Waals surface area contributed by atoms with Crippen LogP contribution >= 0.6 is 11.6 Å². The van der Waals surface area contributed by atoms with Gasteiger partial charge in [-0.05, 0) is 73.5 Å². The molecule has 0 aliphatic heterocycles. The summed E-state index contributed by atoms with van der Waals surface area (Å²) in [5, 5.41) is 13.3. The Morgan fingerprint density at radius 2 is 1.54 bits per heavy atom. The number of carbonyl (C=O) groups excluding carboxylic acids is 1. The third-order valence-corrected chi connectivity index (χ3v) is 5.03. The van der Waals surface area contributed by atoms with Gasteiger partial charge < -0.3 is 19.3 Å². The summed E-state index contributed by atoms with van der Waals surface area (Å²) in [5.74, 6) is 0.150. The molecular formula is C26H25ClN2O6. The molecule has 0 aliphatic rings. The maximum atomic E-state index is 12.5. The van der Waals surface area contributed by atoms with Gasteiger partial charge in [0.1, 0.15) is 12.4 Å². The molecule has 0 bridgehead atoms. The normalized spacial score (nSPS) is 10.7. The van der Waals surface area contributed by atoms with E-state index in [4.69, 9.17) is 30.9 Å². The SMILES string of the molecule is CCOc1ccc(C(=O)N/N=C/c2ccc(OCc3ccc(C(=O)O)cc3)c(Cl)c2)cc1OCC. The van der Waals surface area contributed by atoms with Crippen LogP contribution < -0.4 is 19.6 Å². The summed E-state index contributed by atoms with van der Waals surface area (Å²) in [5.41, 5.74) is 4.54. The third kappa shape index (κ3) is 7.22. The Balaban J connectivity index is 1.58. The van der Waals surface area contributed by atoms with Gasteiger partial charge in [0.15, 0.2) is 11.5 Å². The van der Waals surface area contributed by atoms with Crippen molar-refractivity contribution in [1.29, 1.82) is 0 Å². The molecular weight excluding hydrogens is 472 g/mol. The minimum Gasteiger partial charge on any atom is -0.490 e. The Kier molecular flexibility index (Phi) is 9.09. The van der Waals surface area contributed by atoms with E-state index in [9.17, 15) is 9.59 Å². The lowest BCUT2D eigenvalue weighted by Crippen LogP contribution is -2.17. The van der Waals surface area contributed by atoms with Crippen LogP contribution in [0, 0.1) is 0 Å². The first-order chi connectivity index (χ1) is 16.9. The third-order valence-electron chi connectivity index (χ3n) is 4.74. The van der Waals surface area contributed by atoms with Gasteiger partial charge in [-0.1, -0.05) is 23.7 Å². The number of hydrogen-bond donors (Lipinski definition) is 2. The van der Waals surface area contributed by atoms with Crippen molar-refractivity contribution in [2.24, 2.45) is 5.10 Å². The lowest BCUT2D eigenvalue weighted by atomic mass is 10.1. The van der Waals surface area contributed by atoms with Crippen LogP contribution in [0.4, 0.5) is 0 Å². The van der Waals surface area contributed by atoms with Crippen LogP contribution in [0.25, 0.3) is 0 Å². The average Bonchev–Trinajstić information content (AvgIpc) is 2.85. The number of halogens is 1. The number of aromatic carboxylic acids is 1. The van der Waals surface area contributed by atoms with Crippen molar-refractivity contribution in [3.05, 3.63) is 87.9 Å². The van der Waals surface area contributed by atoms with E-state index in [2.05, 4.69) is 10.5 Å². The molecule has 0 saturated carbocycles. The molecule has 0 aliphatic carbocycles. The molecule has 0 fully saturated rings. The van der Waals surface area contributed by atoms with Gasteiger partial charge in [-0.25, -0.2) is 10.2 Å². The number of amides is 1. The Morgan fingerprint density at radius 3 is 2.20 bits per heavy atom. The fourth-order valence-electron chi connectivity index (χ4n) is 3.04. The number of rotatable bonds is 11. The molecule has 1 amide bonds. The molecule has 2 N–H and O–H groups in total. The van der Waals surface area contributed by atoms with Gasteiger partial charge in [0.2, 0.25) is 0 Å². The predicted molar refractivity (Wildman–Crippen MR) is 133 cm³/mol. The van der Waals surface area contributed by atoms with E-state index in [1.807, 2.05) is 13.8 Å². The maximum absolute atomic E-state index is 12.5. The molecule has 35 heavy (non-hydrogen) atoms. The van der Waals surface area contributed by atoms with E-state index >= 15 is 0 Å². The molecule has 9 heteroatoms. The zero-order chi connectivity index (χ0) is 25.2. The highest BCUT2D eigenvalue weighted by Gasteiger charge is 2.11. The van der Waals surface area contributed by atoms with Crippen LogP contribution in [0.15, 0.2) is 65.8 Å². The maximum Gasteiger partial charge on any atom is 0.335 e. The van der Waals surface area contributed by atoms with Crippen LogP contribution in [-0.2, 0) is 6.61 Å². The van der Waals surface area contributed by atoms with Crippen molar-refractivity contribution in [1.82, 2.24) is 5.43 Å². The predicted octanol–water partition coefficient (Wildman–Crippen LogP) is 5.18. The smallest absolute Gasteiger partial charge is 0.335 e. The van der Waals surface area contributed by atoms with Crippen LogP contribution in [0.2, 0.25) is 5.02 Å². The van der Waals surface area contributed by atoms with Crippen LogP contribution in [-0.4, -0.2) is 36.4 Å². The van der Waals surface area contributed by atoms with Crippen molar-refractivity contribution in [2.45, 2.75) is 20.5 Å². The van der Waals surface area contributed by atoms with Crippen molar-refractivity contribution < 1.29 is 28.9 Å². The lowest BCUT2D eigenvalue weighted by molar-refractivity contribution is 0.0696. The summed E-state index contributed by atoms with van der Waals surface area (Å²) < 4.78 is 16.8. The van der Waals surface area contributed by atoms with Gasteiger partial charge in [-0.15, -0.1) is 0 Å². The Bertz CT molecular complexity index is 1210. The van der Waals surface area contributed by atoms with Crippen molar-refractivity contribution in [2.75, 3.05) is 13.2 Å². The fraction of sp³-hybridized carbons (Fsp3) is 0.192. The molecule has 182 valence electrons. The van der Waals surface area contributed by atoms with Crippen LogP contribution in [0.1, 0.15) is 45.7 Å². The zero-order valence-electron chi connectivity index (χ0n) is 19.3. The molecule has 0 atom stereocenters. The first-order valence-electron chi connectivity index (χ1n) is 10.9. The van der Waals surface area contributed by atoms with Crippen molar-refractivity contribution in [3.8, 4) is 17.2 Å². The van der Waals surface area contributed by atoms with E-state index in [1.165, 1.54) is 18.3 Å². The topological polar surface area (TPSA) is 106 Å². The molecule has 0 unspecified atom stereocenters. The summed E-state index contributed by atoms with van der Waals surface area (Å²) >= 11 is 6.31. The number of benzene rings is 3. The molecule has 3 aromatic carbocycles. The van der Waals surface area contributed by atoms with E-state index in [-0.39, 0.29) is 12.2 Å². The first kappa shape index (κ1) is 25.6. The van der Waals surface area contributed by atoms with E-state index < -0.39 is 11.9 Å².